The Morgan fingerprint density at radius 3 is 2.44 bits per heavy atom. The number of likely N-dealkylation sites (N-methyl/N-ethyl adjacent to an activating group) is 1. The number of alkyl halides is 3. The second-order valence-electron chi connectivity index (χ2n) is 5.19. The summed E-state index contributed by atoms with van der Waals surface area (Å²) in [6, 6.07) is -0.0182. The normalized spacial score (nSPS) is 27.0. The van der Waals surface area contributed by atoms with Gasteiger partial charge in [0.15, 0.2) is 0 Å². The Morgan fingerprint density at radius 2 is 2.00 bits per heavy atom. The van der Waals surface area contributed by atoms with Crippen LogP contribution >= 0.6 is 0 Å². The maximum Gasteiger partial charge on any atom is 0.393 e. The van der Waals surface area contributed by atoms with Crippen LogP contribution in [0.5, 0.6) is 0 Å². The molecule has 1 fully saturated rings. The second-order valence-corrected chi connectivity index (χ2v) is 5.19. The molecule has 0 saturated carbocycles. The van der Waals surface area contributed by atoms with Crippen molar-refractivity contribution in [2.75, 3.05) is 26.7 Å². The standard InChI is InChI=1S/C11H21F3N2/c1-8(2)6-16(3)7-10-4-9(5-15-10)11(12,13)14/h8-10,15H,4-7H2,1-3H3. The zero-order valence-corrected chi connectivity index (χ0v) is 10.1. The third-order valence-corrected chi connectivity index (χ3v) is 2.89. The minimum atomic E-state index is -4.04. The molecule has 0 spiro atoms. The first kappa shape index (κ1) is 13.8. The molecule has 1 rings (SSSR count). The zero-order chi connectivity index (χ0) is 12.3. The number of hydrogen-bond acceptors (Lipinski definition) is 2. The molecule has 1 heterocycles. The van der Waals surface area contributed by atoms with Gasteiger partial charge in [0.25, 0.3) is 0 Å². The van der Waals surface area contributed by atoms with Crippen molar-refractivity contribution in [1.82, 2.24) is 10.2 Å². The van der Waals surface area contributed by atoms with Gasteiger partial charge in [-0.3, -0.25) is 0 Å². The van der Waals surface area contributed by atoms with Crippen molar-refractivity contribution in [1.29, 1.82) is 0 Å². The smallest absolute Gasteiger partial charge is 0.312 e. The largest absolute Gasteiger partial charge is 0.393 e. The first-order valence-electron chi connectivity index (χ1n) is 5.77. The molecule has 16 heavy (non-hydrogen) atoms. The summed E-state index contributed by atoms with van der Waals surface area (Å²) in [5.41, 5.74) is 0. The summed E-state index contributed by atoms with van der Waals surface area (Å²) >= 11 is 0. The highest BCUT2D eigenvalue weighted by molar-refractivity contribution is 4.86. The average Bonchev–Trinajstić information content (AvgIpc) is 2.49. The maximum absolute atomic E-state index is 12.4. The molecule has 0 aromatic heterocycles. The summed E-state index contributed by atoms with van der Waals surface area (Å²) in [6.45, 7) is 5.91. The van der Waals surface area contributed by atoms with E-state index in [4.69, 9.17) is 0 Å². The van der Waals surface area contributed by atoms with Crippen LogP contribution in [0.3, 0.4) is 0 Å². The number of rotatable bonds is 4. The van der Waals surface area contributed by atoms with E-state index in [-0.39, 0.29) is 19.0 Å². The van der Waals surface area contributed by atoms with Gasteiger partial charge in [0.1, 0.15) is 0 Å². The van der Waals surface area contributed by atoms with E-state index in [1.54, 1.807) is 0 Å². The van der Waals surface area contributed by atoms with E-state index in [2.05, 4.69) is 24.1 Å². The fraction of sp³-hybridized carbons (Fsp3) is 1.00. The number of nitrogens with zero attached hydrogens (tertiary/aromatic N) is 1. The predicted octanol–water partition coefficient (Wildman–Crippen LogP) is 2.11. The molecule has 96 valence electrons. The molecule has 1 aliphatic rings. The van der Waals surface area contributed by atoms with Crippen LogP contribution in [0.2, 0.25) is 0 Å². The van der Waals surface area contributed by atoms with Crippen molar-refractivity contribution < 1.29 is 13.2 Å². The fourth-order valence-electron chi connectivity index (χ4n) is 2.28. The topological polar surface area (TPSA) is 15.3 Å². The molecular weight excluding hydrogens is 217 g/mol. The number of halogens is 3. The lowest BCUT2D eigenvalue weighted by molar-refractivity contribution is -0.169. The Bertz CT molecular complexity index is 216. The van der Waals surface area contributed by atoms with E-state index in [0.717, 1.165) is 6.54 Å². The van der Waals surface area contributed by atoms with Crippen LogP contribution in [-0.4, -0.2) is 43.8 Å². The average molecular weight is 238 g/mol. The third kappa shape index (κ3) is 4.29. The summed E-state index contributed by atoms with van der Waals surface area (Å²) in [5.74, 6) is -0.616. The van der Waals surface area contributed by atoms with Gasteiger partial charge in [0, 0.05) is 25.7 Å². The molecule has 0 aliphatic carbocycles. The van der Waals surface area contributed by atoms with Gasteiger partial charge in [-0.1, -0.05) is 13.8 Å². The lowest BCUT2D eigenvalue weighted by atomic mass is 10.0. The third-order valence-electron chi connectivity index (χ3n) is 2.89. The molecule has 5 heteroatoms. The minimum absolute atomic E-state index is 0.0182. The van der Waals surface area contributed by atoms with Crippen LogP contribution in [0.15, 0.2) is 0 Å². The maximum atomic E-state index is 12.4. The molecule has 1 N–H and O–H groups in total. The van der Waals surface area contributed by atoms with Gasteiger partial charge >= 0.3 is 6.18 Å². The highest BCUT2D eigenvalue weighted by Gasteiger charge is 2.44. The Labute approximate surface area is 95.2 Å². The lowest BCUT2D eigenvalue weighted by Gasteiger charge is -2.23. The SMILES string of the molecule is CC(C)CN(C)CC1CC(C(F)(F)F)CN1. The van der Waals surface area contributed by atoms with E-state index in [1.807, 2.05) is 7.05 Å². The highest BCUT2D eigenvalue weighted by Crippen LogP contribution is 2.32. The lowest BCUT2D eigenvalue weighted by Crippen LogP contribution is -2.36. The molecule has 2 unspecified atom stereocenters. The number of nitrogens with one attached hydrogen (secondary N) is 1. The van der Waals surface area contributed by atoms with Crippen LogP contribution in [0.1, 0.15) is 20.3 Å². The van der Waals surface area contributed by atoms with Gasteiger partial charge in [-0.05, 0) is 19.4 Å². The predicted molar refractivity (Wildman–Crippen MR) is 58.3 cm³/mol. The Kier molecular flexibility index (Phi) is 4.62. The molecule has 0 amide bonds. The first-order chi connectivity index (χ1) is 7.29. The van der Waals surface area contributed by atoms with Crippen molar-refractivity contribution in [3.8, 4) is 0 Å². The molecule has 2 nitrogen and oxygen atoms in total. The summed E-state index contributed by atoms with van der Waals surface area (Å²) < 4.78 is 37.3. The van der Waals surface area contributed by atoms with E-state index in [0.29, 0.717) is 12.5 Å². The molecule has 0 aromatic carbocycles. The van der Waals surface area contributed by atoms with Crippen molar-refractivity contribution in [2.45, 2.75) is 32.5 Å². The molecule has 1 aliphatic heterocycles. The Morgan fingerprint density at radius 1 is 1.38 bits per heavy atom. The Balaban J connectivity index is 2.31. The van der Waals surface area contributed by atoms with Gasteiger partial charge < -0.3 is 10.2 Å². The molecule has 0 bridgehead atoms. The zero-order valence-electron chi connectivity index (χ0n) is 10.1. The van der Waals surface area contributed by atoms with Gasteiger partial charge in [-0.25, -0.2) is 0 Å². The summed E-state index contributed by atoms with van der Waals surface area (Å²) in [7, 11) is 1.96. The van der Waals surface area contributed by atoms with Crippen molar-refractivity contribution >= 4 is 0 Å². The molecule has 0 radical (unpaired) electrons. The van der Waals surface area contributed by atoms with Gasteiger partial charge in [0.05, 0.1) is 5.92 Å². The monoisotopic (exact) mass is 238 g/mol. The van der Waals surface area contributed by atoms with E-state index < -0.39 is 12.1 Å². The summed E-state index contributed by atoms with van der Waals surface area (Å²) in [6.07, 6.45) is -3.83. The molecule has 0 aromatic rings. The van der Waals surface area contributed by atoms with Crippen molar-refractivity contribution in [3.63, 3.8) is 0 Å². The van der Waals surface area contributed by atoms with Crippen LogP contribution in [0.4, 0.5) is 13.2 Å². The van der Waals surface area contributed by atoms with Gasteiger partial charge in [-0.2, -0.15) is 13.2 Å². The van der Waals surface area contributed by atoms with Crippen LogP contribution in [0.25, 0.3) is 0 Å². The quantitative estimate of drug-likeness (QED) is 0.807. The van der Waals surface area contributed by atoms with E-state index in [9.17, 15) is 13.2 Å². The number of hydrogen-bond donors (Lipinski definition) is 1. The summed E-state index contributed by atoms with van der Waals surface area (Å²) in [5, 5.41) is 2.96. The van der Waals surface area contributed by atoms with E-state index in [1.165, 1.54) is 0 Å². The molecule has 1 saturated heterocycles. The first-order valence-corrected chi connectivity index (χ1v) is 5.77. The fourth-order valence-corrected chi connectivity index (χ4v) is 2.28. The van der Waals surface area contributed by atoms with Gasteiger partial charge in [0.2, 0.25) is 0 Å². The highest BCUT2D eigenvalue weighted by atomic mass is 19.4. The molecule has 2 atom stereocenters. The van der Waals surface area contributed by atoms with E-state index >= 15 is 0 Å². The van der Waals surface area contributed by atoms with Gasteiger partial charge in [-0.15, -0.1) is 0 Å². The minimum Gasteiger partial charge on any atom is -0.312 e. The van der Waals surface area contributed by atoms with Crippen LogP contribution < -0.4 is 5.32 Å². The molecular formula is C11H21F3N2. The van der Waals surface area contributed by atoms with Crippen LogP contribution in [-0.2, 0) is 0 Å². The Hall–Kier alpha value is -0.290. The second kappa shape index (κ2) is 5.36. The summed E-state index contributed by atoms with van der Waals surface area (Å²) in [4.78, 5) is 2.10. The van der Waals surface area contributed by atoms with Crippen molar-refractivity contribution in [3.05, 3.63) is 0 Å². The van der Waals surface area contributed by atoms with Crippen LogP contribution in [0, 0.1) is 11.8 Å². The van der Waals surface area contributed by atoms with Crippen molar-refractivity contribution in [2.24, 2.45) is 11.8 Å².